The van der Waals surface area contributed by atoms with E-state index in [1.54, 1.807) is 33.2 Å². The highest BCUT2D eigenvalue weighted by atomic mass is 32.2. The first-order valence-corrected chi connectivity index (χ1v) is 9.26. The molecule has 1 aliphatic rings. The van der Waals surface area contributed by atoms with Crippen molar-refractivity contribution in [2.75, 3.05) is 34.3 Å². The summed E-state index contributed by atoms with van der Waals surface area (Å²) in [5, 5.41) is 0. The van der Waals surface area contributed by atoms with Crippen LogP contribution in [0.5, 0.6) is 0 Å². The molecule has 0 radical (unpaired) electrons. The molecule has 1 aromatic rings. The SMILES string of the molecule is CO[C@H]1C[C@@H](CN(C)S(=O)(=O)Cc2ccc(C)c(F)c2)N(C)C1. The average molecular weight is 344 g/mol. The number of rotatable bonds is 6. The maximum absolute atomic E-state index is 13.6. The zero-order valence-corrected chi connectivity index (χ0v) is 14.9. The number of likely N-dealkylation sites (tertiary alicyclic amines) is 1. The maximum atomic E-state index is 13.6. The molecule has 7 heteroatoms. The number of hydrogen-bond acceptors (Lipinski definition) is 4. The lowest BCUT2D eigenvalue weighted by Gasteiger charge is -2.25. The van der Waals surface area contributed by atoms with E-state index in [1.807, 2.05) is 7.05 Å². The first kappa shape index (κ1) is 18.3. The van der Waals surface area contributed by atoms with Crippen LogP contribution in [0, 0.1) is 12.7 Å². The molecule has 0 aliphatic carbocycles. The molecule has 0 amide bonds. The van der Waals surface area contributed by atoms with Crippen molar-refractivity contribution in [2.24, 2.45) is 0 Å². The van der Waals surface area contributed by atoms with Crippen molar-refractivity contribution < 1.29 is 17.5 Å². The molecular formula is C16H25FN2O3S. The minimum Gasteiger partial charge on any atom is -0.380 e. The van der Waals surface area contributed by atoms with Gasteiger partial charge in [0, 0.05) is 33.3 Å². The third-order valence-electron chi connectivity index (χ3n) is 4.51. The van der Waals surface area contributed by atoms with Gasteiger partial charge in [0.1, 0.15) is 5.82 Å². The summed E-state index contributed by atoms with van der Waals surface area (Å²) < 4.78 is 45.3. The molecule has 1 heterocycles. The fourth-order valence-electron chi connectivity index (χ4n) is 2.87. The van der Waals surface area contributed by atoms with E-state index >= 15 is 0 Å². The van der Waals surface area contributed by atoms with E-state index in [4.69, 9.17) is 4.74 Å². The number of aryl methyl sites for hydroxylation is 1. The first-order valence-electron chi connectivity index (χ1n) is 7.65. The monoisotopic (exact) mass is 344 g/mol. The summed E-state index contributed by atoms with van der Waals surface area (Å²) in [6.45, 7) is 2.87. The number of ether oxygens (including phenoxy) is 1. The minimum absolute atomic E-state index is 0.134. The van der Waals surface area contributed by atoms with Crippen LogP contribution >= 0.6 is 0 Å². The summed E-state index contributed by atoms with van der Waals surface area (Å²) in [6.07, 6.45) is 0.957. The lowest BCUT2D eigenvalue weighted by atomic mass is 10.2. The van der Waals surface area contributed by atoms with Gasteiger partial charge < -0.3 is 4.74 Å². The van der Waals surface area contributed by atoms with Gasteiger partial charge >= 0.3 is 0 Å². The number of nitrogens with zero attached hydrogens (tertiary/aromatic N) is 2. The summed E-state index contributed by atoms with van der Waals surface area (Å²) in [6, 6.07) is 4.69. The molecule has 23 heavy (non-hydrogen) atoms. The second kappa shape index (κ2) is 7.25. The molecule has 5 nitrogen and oxygen atoms in total. The fraction of sp³-hybridized carbons (Fsp3) is 0.625. The topological polar surface area (TPSA) is 49.9 Å². The van der Waals surface area contributed by atoms with Crippen molar-refractivity contribution in [1.82, 2.24) is 9.21 Å². The summed E-state index contributed by atoms with van der Waals surface area (Å²) in [4.78, 5) is 2.12. The van der Waals surface area contributed by atoms with Crippen LogP contribution in [0.4, 0.5) is 4.39 Å². The molecule has 0 spiro atoms. The van der Waals surface area contributed by atoms with Crippen molar-refractivity contribution in [3.63, 3.8) is 0 Å². The summed E-state index contributed by atoms with van der Waals surface area (Å²) in [7, 11) is 1.74. The Hall–Kier alpha value is -1.02. The zero-order chi connectivity index (χ0) is 17.2. The highest BCUT2D eigenvalue weighted by Crippen LogP contribution is 2.21. The predicted molar refractivity (Wildman–Crippen MR) is 88.2 cm³/mol. The van der Waals surface area contributed by atoms with E-state index < -0.39 is 10.0 Å². The third kappa shape index (κ3) is 4.50. The lowest BCUT2D eigenvalue weighted by molar-refractivity contribution is 0.111. The smallest absolute Gasteiger partial charge is 0.218 e. The van der Waals surface area contributed by atoms with Crippen LogP contribution in [0.25, 0.3) is 0 Å². The van der Waals surface area contributed by atoms with Crippen molar-refractivity contribution in [2.45, 2.75) is 31.2 Å². The molecule has 2 rings (SSSR count). The second-order valence-electron chi connectivity index (χ2n) is 6.31. The van der Waals surface area contributed by atoms with E-state index in [0.717, 1.165) is 13.0 Å². The Kier molecular flexibility index (Phi) is 5.78. The molecular weight excluding hydrogens is 319 g/mol. The van der Waals surface area contributed by atoms with Gasteiger partial charge in [-0.3, -0.25) is 4.90 Å². The van der Waals surface area contributed by atoms with E-state index in [9.17, 15) is 12.8 Å². The summed E-state index contributed by atoms with van der Waals surface area (Å²) in [5.41, 5.74) is 0.979. The van der Waals surface area contributed by atoms with E-state index in [1.165, 1.54) is 10.4 Å². The van der Waals surface area contributed by atoms with Crippen LogP contribution in [-0.4, -0.2) is 64.1 Å². The number of benzene rings is 1. The number of methoxy groups -OCH3 is 1. The molecule has 0 N–H and O–H groups in total. The van der Waals surface area contributed by atoms with E-state index in [-0.39, 0.29) is 23.7 Å². The van der Waals surface area contributed by atoms with Gasteiger partial charge in [0.25, 0.3) is 0 Å². The molecule has 0 saturated carbocycles. The molecule has 2 atom stereocenters. The van der Waals surface area contributed by atoms with Crippen molar-refractivity contribution >= 4 is 10.0 Å². The second-order valence-corrected chi connectivity index (χ2v) is 8.38. The molecule has 1 saturated heterocycles. The molecule has 130 valence electrons. The van der Waals surface area contributed by atoms with Crippen molar-refractivity contribution in [1.29, 1.82) is 0 Å². The van der Waals surface area contributed by atoms with E-state index in [2.05, 4.69) is 4.90 Å². The normalized spacial score (nSPS) is 22.9. The third-order valence-corrected chi connectivity index (χ3v) is 6.31. The van der Waals surface area contributed by atoms with Crippen LogP contribution in [0.15, 0.2) is 18.2 Å². The van der Waals surface area contributed by atoms with Crippen LogP contribution in [0.1, 0.15) is 17.5 Å². The maximum Gasteiger partial charge on any atom is 0.218 e. The summed E-state index contributed by atoms with van der Waals surface area (Å²) in [5.74, 6) is -0.566. The fourth-order valence-corrected chi connectivity index (χ4v) is 4.09. The first-order chi connectivity index (χ1) is 10.7. The molecule has 0 aromatic heterocycles. The quantitative estimate of drug-likeness (QED) is 0.787. The Morgan fingerprint density at radius 2 is 2.13 bits per heavy atom. The van der Waals surface area contributed by atoms with Crippen LogP contribution in [0.2, 0.25) is 0 Å². The number of sulfonamides is 1. The van der Waals surface area contributed by atoms with Crippen LogP contribution < -0.4 is 0 Å². The highest BCUT2D eigenvalue weighted by molar-refractivity contribution is 7.88. The van der Waals surface area contributed by atoms with Gasteiger partial charge in [0.15, 0.2) is 0 Å². The van der Waals surface area contributed by atoms with Gasteiger partial charge in [-0.25, -0.2) is 17.1 Å². The molecule has 1 aromatic carbocycles. The lowest BCUT2D eigenvalue weighted by Crippen LogP contribution is -2.40. The molecule has 0 unspecified atom stereocenters. The number of likely N-dealkylation sites (N-methyl/N-ethyl adjacent to an activating group) is 2. The summed E-state index contributed by atoms with van der Waals surface area (Å²) >= 11 is 0. The Bertz CT molecular complexity index is 651. The minimum atomic E-state index is -3.48. The standard InChI is InChI=1S/C16H25FN2O3S/c1-12-5-6-13(7-16(12)17)11-23(20,21)19(3)9-14-8-15(22-4)10-18(14)2/h5-7,14-15H,8-11H2,1-4H3/t14-,15-/m0/s1. The Morgan fingerprint density at radius 1 is 1.43 bits per heavy atom. The van der Waals surface area contributed by atoms with Crippen LogP contribution in [-0.2, 0) is 20.5 Å². The van der Waals surface area contributed by atoms with Gasteiger partial charge in [-0.1, -0.05) is 12.1 Å². The van der Waals surface area contributed by atoms with Gasteiger partial charge in [-0.15, -0.1) is 0 Å². The van der Waals surface area contributed by atoms with Crippen molar-refractivity contribution in [3.8, 4) is 0 Å². The van der Waals surface area contributed by atoms with Crippen LogP contribution in [0.3, 0.4) is 0 Å². The predicted octanol–water partition coefficient (Wildman–Crippen LogP) is 1.61. The van der Waals surface area contributed by atoms with Gasteiger partial charge in [0.2, 0.25) is 10.0 Å². The largest absolute Gasteiger partial charge is 0.380 e. The van der Waals surface area contributed by atoms with Gasteiger partial charge in [0.05, 0.1) is 11.9 Å². The van der Waals surface area contributed by atoms with Gasteiger partial charge in [-0.05, 0) is 37.6 Å². The number of hydrogen-bond donors (Lipinski definition) is 0. The Balaban J connectivity index is 2.02. The zero-order valence-electron chi connectivity index (χ0n) is 14.1. The number of halogens is 1. The Morgan fingerprint density at radius 3 is 2.70 bits per heavy atom. The molecule has 0 bridgehead atoms. The molecule has 1 fully saturated rings. The Labute approximate surface area is 138 Å². The van der Waals surface area contributed by atoms with Crippen molar-refractivity contribution in [3.05, 3.63) is 35.1 Å². The average Bonchev–Trinajstić information content (AvgIpc) is 2.83. The van der Waals surface area contributed by atoms with Gasteiger partial charge in [-0.2, -0.15) is 0 Å². The molecule has 1 aliphatic heterocycles. The van der Waals surface area contributed by atoms with E-state index in [0.29, 0.717) is 17.7 Å². The highest BCUT2D eigenvalue weighted by Gasteiger charge is 2.32.